The van der Waals surface area contributed by atoms with E-state index in [1.807, 2.05) is 37.4 Å². The zero-order valence-electron chi connectivity index (χ0n) is 15.5. The van der Waals surface area contributed by atoms with Gasteiger partial charge in [0, 0.05) is 29.9 Å². The number of carbonyl (C=O) groups excluding carboxylic acids is 2. The van der Waals surface area contributed by atoms with Crippen LogP contribution in [0.3, 0.4) is 0 Å². The Morgan fingerprint density at radius 3 is 2.78 bits per heavy atom. The molecule has 140 valence electrons. The van der Waals surface area contributed by atoms with Crippen LogP contribution in [0.15, 0.2) is 35.5 Å². The van der Waals surface area contributed by atoms with Gasteiger partial charge in [-0.25, -0.2) is 4.79 Å². The van der Waals surface area contributed by atoms with Gasteiger partial charge in [0.25, 0.3) is 0 Å². The number of fused-ring (bicyclic) bond motifs is 1. The van der Waals surface area contributed by atoms with Gasteiger partial charge in [-0.05, 0) is 54.0 Å². The number of dihydropyridines is 1. The van der Waals surface area contributed by atoms with Crippen LogP contribution in [-0.4, -0.2) is 31.7 Å². The van der Waals surface area contributed by atoms with Gasteiger partial charge in [-0.1, -0.05) is 12.1 Å². The smallest absolute Gasteiger partial charge is 0.335 e. The van der Waals surface area contributed by atoms with Gasteiger partial charge in [-0.15, -0.1) is 0 Å². The van der Waals surface area contributed by atoms with Gasteiger partial charge in [0.1, 0.15) is 6.17 Å². The van der Waals surface area contributed by atoms with Crippen LogP contribution in [0, 0.1) is 5.92 Å². The highest BCUT2D eigenvalue weighted by Gasteiger charge is 2.30. The number of allylic oxidation sites excluding steroid dienone is 3. The average Bonchev–Trinajstić information content (AvgIpc) is 3.53. The molecule has 1 fully saturated rings. The van der Waals surface area contributed by atoms with E-state index >= 15 is 0 Å². The van der Waals surface area contributed by atoms with E-state index in [-0.39, 0.29) is 24.0 Å². The molecule has 27 heavy (non-hydrogen) atoms. The molecule has 1 saturated carbocycles. The Morgan fingerprint density at radius 1 is 1.22 bits per heavy atom. The van der Waals surface area contributed by atoms with Crippen LogP contribution in [0.5, 0.6) is 0 Å². The average molecular weight is 365 g/mol. The maximum Gasteiger partial charge on any atom is 0.335 e. The molecule has 1 unspecified atom stereocenters. The fourth-order valence-electron chi connectivity index (χ4n) is 3.34. The summed E-state index contributed by atoms with van der Waals surface area (Å²) >= 11 is 0. The zero-order valence-corrected chi connectivity index (χ0v) is 15.5. The number of ether oxygens (including phenoxy) is 1. The second kappa shape index (κ2) is 6.95. The molecule has 6 nitrogen and oxygen atoms in total. The van der Waals surface area contributed by atoms with Crippen molar-refractivity contribution in [2.24, 2.45) is 5.92 Å². The Balaban J connectivity index is 1.61. The highest BCUT2D eigenvalue weighted by molar-refractivity contribution is 5.94. The predicted octanol–water partition coefficient (Wildman–Crippen LogP) is 0.0942. The fraction of sp³-hybridized carbons (Fsp3) is 0.333. The first kappa shape index (κ1) is 17.4. The number of amides is 1. The maximum atomic E-state index is 12.0. The summed E-state index contributed by atoms with van der Waals surface area (Å²) in [5, 5.41) is 11.6. The van der Waals surface area contributed by atoms with Gasteiger partial charge in [-0.2, -0.15) is 0 Å². The Hall–Kier alpha value is -3.02. The standard InChI is InChI=1S/C21H23N3O3/c1-12-18(8-17(11-22-12)21(26)27-2)15-6-5-14-9-19(23-10-16(14)7-15)24-20(25)13-3-4-13/h5-10,13,19,22-23H,3-4,11H2,1-2H3,(H,24,25). The molecule has 4 rings (SSSR count). The normalized spacial score (nSPS) is 20.8. The molecule has 0 aromatic heterocycles. The van der Waals surface area contributed by atoms with E-state index in [0.717, 1.165) is 40.1 Å². The van der Waals surface area contributed by atoms with Crippen LogP contribution in [0.25, 0.3) is 17.8 Å². The van der Waals surface area contributed by atoms with Crippen molar-refractivity contribution in [3.63, 3.8) is 0 Å². The third-order valence-electron chi connectivity index (χ3n) is 5.12. The first-order valence-electron chi connectivity index (χ1n) is 9.17. The Labute approximate surface area is 157 Å². The lowest BCUT2D eigenvalue weighted by atomic mass is 9.97. The molecule has 3 aliphatic rings. The molecule has 0 spiro atoms. The van der Waals surface area contributed by atoms with Crippen molar-refractivity contribution < 1.29 is 14.3 Å². The molecule has 0 saturated heterocycles. The van der Waals surface area contributed by atoms with Crippen molar-refractivity contribution in [1.29, 1.82) is 0 Å². The van der Waals surface area contributed by atoms with Crippen molar-refractivity contribution >= 4 is 29.7 Å². The summed E-state index contributed by atoms with van der Waals surface area (Å²) < 4.78 is 4.84. The molecule has 0 bridgehead atoms. The number of carbonyl (C=O) groups is 2. The van der Waals surface area contributed by atoms with Gasteiger partial charge < -0.3 is 20.7 Å². The SMILES string of the molecule is COC(=O)C1=CC(c2ccc3c(c2)=CNC(NC(=O)C2CC2)C=3)=C(C)NC1. The van der Waals surface area contributed by atoms with Crippen LogP contribution in [-0.2, 0) is 14.3 Å². The number of esters is 1. The summed E-state index contributed by atoms with van der Waals surface area (Å²) in [6.45, 7) is 2.47. The van der Waals surface area contributed by atoms with Crippen molar-refractivity contribution in [2.75, 3.05) is 13.7 Å². The Morgan fingerprint density at radius 2 is 2.04 bits per heavy atom. The predicted molar refractivity (Wildman–Crippen MR) is 103 cm³/mol. The molecule has 2 heterocycles. The Bertz CT molecular complexity index is 986. The van der Waals surface area contributed by atoms with E-state index in [2.05, 4.69) is 22.0 Å². The summed E-state index contributed by atoms with van der Waals surface area (Å²) in [7, 11) is 1.39. The van der Waals surface area contributed by atoms with Crippen molar-refractivity contribution in [3.05, 3.63) is 51.5 Å². The first-order valence-corrected chi connectivity index (χ1v) is 9.17. The Kier molecular flexibility index (Phi) is 4.48. The second-order valence-corrected chi connectivity index (χ2v) is 7.14. The minimum absolute atomic E-state index is 0.117. The van der Waals surface area contributed by atoms with Crippen molar-refractivity contribution in [1.82, 2.24) is 16.0 Å². The van der Waals surface area contributed by atoms with E-state index in [1.165, 1.54) is 7.11 Å². The summed E-state index contributed by atoms with van der Waals surface area (Å²) in [6, 6.07) is 6.15. The number of nitrogens with one attached hydrogen (secondary N) is 3. The van der Waals surface area contributed by atoms with E-state index in [0.29, 0.717) is 12.1 Å². The third kappa shape index (κ3) is 3.60. The van der Waals surface area contributed by atoms with Gasteiger partial charge in [0.15, 0.2) is 0 Å². The van der Waals surface area contributed by atoms with Gasteiger partial charge in [-0.3, -0.25) is 4.79 Å². The molecule has 1 aromatic carbocycles. The van der Waals surface area contributed by atoms with Gasteiger partial charge >= 0.3 is 5.97 Å². The van der Waals surface area contributed by atoms with Crippen molar-refractivity contribution in [2.45, 2.75) is 25.9 Å². The van der Waals surface area contributed by atoms with Crippen LogP contribution in [0.4, 0.5) is 0 Å². The molecule has 1 aromatic rings. The number of rotatable bonds is 4. The molecule has 1 aliphatic carbocycles. The molecule has 3 N–H and O–H groups in total. The zero-order chi connectivity index (χ0) is 19.0. The topological polar surface area (TPSA) is 79.5 Å². The van der Waals surface area contributed by atoms with Crippen molar-refractivity contribution in [3.8, 4) is 0 Å². The van der Waals surface area contributed by atoms with Crippen LogP contribution >= 0.6 is 0 Å². The summed E-state index contributed by atoms with van der Waals surface area (Å²) in [4.78, 5) is 23.8. The van der Waals surface area contributed by atoms with Gasteiger partial charge in [0.05, 0.1) is 12.7 Å². The van der Waals surface area contributed by atoms with Crippen LogP contribution < -0.4 is 26.4 Å². The molecule has 2 aliphatic heterocycles. The fourth-order valence-corrected chi connectivity index (χ4v) is 3.34. The lowest BCUT2D eigenvalue weighted by Gasteiger charge is -2.21. The van der Waals surface area contributed by atoms with E-state index < -0.39 is 0 Å². The van der Waals surface area contributed by atoms with E-state index in [9.17, 15) is 9.59 Å². The third-order valence-corrected chi connectivity index (χ3v) is 5.12. The second-order valence-electron chi connectivity index (χ2n) is 7.14. The minimum Gasteiger partial charge on any atom is -0.466 e. The van der Waals surface area contributed by atoms with E-state index in [4.69, 9.17) is 4.74 Å². The molecule has 1 amide bonds. The van der Waals surface area contributed by atoms with Crippen LogP contribution in [0.2, 0.25) is 0 Å². The summed E-state index contributed by atoms with van der Waals surface area (Å²) in [5.41, 5.74) is 3.62. The largest absolute Gasteiger partial charge is 0.466 e. The van der Waals surface area contributed by atoms with Gasteiger partial charge in [0.2, 0.25) is 5.91 Å². The monoisotopic (exact) mass is 365 g/mol. The first-order chi connectivity index (χ1) is 13.0. The quantitative estimate of drug-likeness (QED) is 0.660. The summed E-state index contributed by atoms with van der Waals surface area (Å²) in [6.07, 6.45) is 7.64. The molecular weight excluding hydrogens is 342 g/mol. The lowest BCUT2D eigenvalue weighted by Crippen LogP contribution is -2.48. The maximum absolute atomic E-state index is 12.0. The molecular formula is C21H23N3O3. The molecule has 1 atom stereocenters. The molecule has 6 heteroatoms. The summed E-state index contributed by atoms with van der Waals surface area (Å²) in [5.74, 6) is -0.0125. The number of methoxy groups -OCH3 is 1. The number of benzene rings is 1. The van der Waals surface area contributed by atoms with Crippen LogP contribution in [0.1, 0.15) is 25.3 Å². The highest BCUT2D eigenvalue weighted by atomic mass is 16.5. The molecule has 0 radical (unpaired) electrons. The number of hydrogen-bond acceptors (Lipinski definition) is 5. The highest BCUT2D eigenvalue weighted by Crippen LogP contribution is 2.28. The number of hydrogen-bond donors (Lipinski definition) is 3. The minimum atomic E-state index is -0.318. The van der Waals surface area contributed by atoms with E-state index in [1.54, 1.807) is 0 Å². The lowest BCUT2D eigenvalue weighted by molar-refractivity contribution is -0.136.